The molecule has 10 rings (SSSR count). The molecule has 0 unspecified atom stereocenters. The maximum atomic E-state index is 13.6. The van der Waals surface area contributed by atoms with Gasteiger partial charge in [-0.3, -0.25) is 0 Å². The smallest absolute Gasteiger partial charge is 0.206 e. The normalized spacial score (nSPS) is 14.0. The summed E-state index contributed by atoms with van der Waals surface area (Å²) in [6, 6.07) is 65.0. The minimum absolute atomic E-state index is 0.230. The molecule has 0 atom stereocenters. The Morgan fingerprint density at radius 2 is 0.526 bits per heavy atom. The highest BCUT2D eigenvalue weighted by atomic mass is 32.2. The van der Waals surface area contributed by atoms with Crippen molar-refractivity contribution < 1.29 is 16.8 Å². The van der Waals surface area contributed by atoms with E-state index < -0.39 is 25.1 Å². The van der Waals surface area contributed by atoms with Crippen LogP contribution in [0.4, 0.5) is 34.1 Å². The van der Waals surface area contributed by atoms with Gasteiger partial charge in [-0.25, -0.2) is 16.8 Å². The molecular formula is C49H34N2O4S2. The Hall–Kier alpha value is -6.74. The Morgan fingerprint density at radius 3 is 0.825 bits per heavy atom. The number of hydrogen-bond acceptors (Lipinski definition) is 6. The lowest BCUT2D eigenvalue weighted by atomic mass is 9.60. The quantitative estimate of drug-likeness (QED) is 0.167. The van der Waals surface area contributed by atoms with E-state index in [-0.39, 0.29) is 19.6 Å². The Balaban J connectivity index is 1.15. The molecular weight excluding hydrogens is 745 g/mol. The first kappa shape index (κ1) is 34.7. The van der Waals surface area contributed by atoms with Gasteiger partial charge in [0.25, 0.3) is 0 Å². The number of para-hydroxylation sites is 4. The van der Waals surface area contributed by atoms with E-state index in [0.717, 1.165) is 56.4 Å². The van der Waals surface area contributed by atoms with E-state index in [1.165, 1.54) is 0 Å². The van der Waals surface area contributed by atoms with Gasteiger partial charge in [-0.2, -0.15) is 0 Å². The topological polar surface area (TPSA) is 74.8 Å². The summed E-state index contributed by atoms with van der Waals surface area (Å²) >= 11 is 0. The van der Waals surface area contributed by atoms with Crippen molar-refractivity contribution in [3.8, 4) is 0 Å². The number of fused-ring (bicyclic) bond motifs is 8. The highest BCUT2D eigenvalue weighted by molar-refractivity contribution is 7.91. The summed E-state index contributed by atoms with van der Waals surface area (Å²) in [6.45, 7) is 0. The van der Waals surface area contributed by atoms with Crippen LogP contribution in [-0.2, 0) is 25.1 Å². The lowest BCUT2D eigenvalue weighted by molar-refractivity contribution is 0.594. The molecule has 0 saturated carbocycles. The molecule has 0 saturated heterocycles. The third-order valence-electron chi connectivity index (χ3n) is 11.1. The average Bonchev–Trinajstić information content (AvgIpc) is 3.27. The predicted molar refractivity (Wildman–Crippen MR) is 225 cm³/mol. The standard InChI is InChI=1S/C49H34N2O4S2/c52-56(53,37-15-3-1-4-16-37)39-31-27-35(28-32-39)50-45-23-11-7-19-41(45)49(42-20-8-12-24-46(42)50)43-21-9-13-25-47(43)51(48-26-14-10-22-44(48)49)36-29-33-40(34-30-36)57(54,55)38-17-5-2-6-18-38/h1-34H. The van der Waals surface area contributed by atoms with Gasteiger partial charge in [0.15, 0.2) is 0 Å². The van der Waals surface area contributed by atoms with E-state index in [0.29, 0.717) is 0 Å². The van der Waals surface area contributed by atoms with Crippen LogP contribution in [0, 0.1) is 0 Å². The van der Waals surface area contributed by atoms with Gasteiger partial charge in [0, 0.05) is 11.4 Å². The predicted octanol–water partition coefficient (Wildman–Crippen LogP) is 11.3. The molecule has 0 N–H and O–H groups in total. The third kappa shape index (κ3) is 5.21. The molecule has 2 aliphatic heterocycles. The van der Waals surface area contributed by atoms with Gasteiger partial charge >= 0.3 is 0 Å². The lowest BCUT2D eigenvalue weighted by Crippen LogP contribution is -2.41. The molecule has 57 heavy (non-hydrogen) atoms. The van der Waals surface area contributed by atoms with E-state index in [1.54, 1.807) is 84.9 Å². The maximum absolute atomic E-state index is 13.6. The summed E-state index contributed by atoms with van der Waals surface area (Å²) in [6.07, 6.45) is 0. The van der Waals surface area contributed by atoms with Crippen LogP contribution in [0.25, 0.3) is 0 Å². The van der Waals surface area contributed by atoms with Crippen LogP contribution < -0.4 is 9.80 Å². The summed E-state index contributed by atoms with van der Waals surface area (Å²) in [7, 11) is -7.40. The Bertz CT molecular complexity index is 2730. The second kappa shape index (κ2) is 13.2. The van der Waals surface area contributed by atoms with Crippen LogP contribution in [0.1, 0.15) is 22.3 Å². The van der Waals surface area contributed by atoms with Gasteiger partial charge in [-0.05, 0) is 119 Å². The molecule has 0 radical (unpaired) electrons. The Morgan fingerprint density at radius 1 is 0.281 bits per heavy atom. The zero-order chi connectivity index (χ0) is 38.8. The lowest BCUT2D eigenvalue weighted by Gasteiger charge is -2.51. The number of benzene rings is 8. The maximum Gasteiger partial charge on any atom is 0.206 e. The summed E-state index contributed by atoms with van der Waals surface area (Å²) in [5, 5.41) is 0. The zero-order valence-corrected chi connectivity index (χ0v) is 32.1. The van der Waals surface area contributed by atoms with E-state index in [2.05, 4.69) is 82.6 Å². The minimum atomic E-state index is -3.70. The summed E-state index contributed by atoms with van der Waals surface area (Å²) in [5.41, 5.74) is 9.13. The molecule has 8 aromatic carbocycles. The highest BCUT2D eigenvalue weighted by Gasteiger charge is 2.51. The van der Waals surface area contributed by atoms with E-state index in [4.69, 9.17) is 0 Å². The van der Waals surface area contributed by atoms with Gasteiger partial charge in [0.2, 0.25) is 19.7 Å². The first-order chi connectivity index (χ1) is 27.8. The SMILES string of the molecule is O=S(=O)(c1ccccc1)c1ccc(N2c3ccccc3C3(c4ccccc42)c2ccccc2N(c2ccc(S(=O)(=O)c4ccccc4)cc2)c2ccccc23)cc1. The van der Waals surface area contributed by atoms with Crippen molar-refractivity contribution in [1.29, 1.82) is 0 Å². The van der Waals surface area contributed by atoms with Crippen molar-refractivity contribution in [2.75, 3.05) is 9.80 Å². The monoisotopic (exact) mass is 778 g/mol. The van der Waals surface area contributed by atoms with Gasteiger partial charge in [0.1, 0.15) is 0 Å². The Kier molecular flexibility index (Phi) is 8.04. The Labute approximate surface area is 332 Å². The van der Waals surface area contributed by atoms with Crippen LogP contribution in [-0.4, -0.2) is 16.8 Å². The van der Waals surface area contributed by atoms with Gasteiger partial charge in [-0.15, -0.1) is 0 Å². The van der Waals surface area contributed by atoms with Crippen molar-refractivity contribution in [3.63, 3.8) is 0 Å². The first-order valence-electron chi connectivity index (χ1n) is 18.6. The molecule has 8 heteroatoms. The number of sulfone groups is 2. The van der Waals surface area contributed by atoms with Crippen molar-refractivity contribution >= 4 is 53.8 Å². The van der Waals surface area contributed by atoms with E-state index in [9.17, 15) is 16.8 Å². The number of anilines is 6. The van der Waals surface area contributed by atoms with Crippen molar-refractivity contribution in [1.82, 2.24) is 0 Å². The number of rotatable bonds is 6. The van der Waals surface area contributed by atoms with E-state index in [1.807, 2.05) is 48.5 Å². The average molecular weight is 779 g/mol. The molecule has 1 spiro atoms. The first-order valence-corrected chi connectivity index (χ1v) is 21.6. The van der Waals surface area contributed by atoms with Crippen LogP contribution in [0.5, 0.6) is 0 Å². The molecule has 6 nitrogen and oxygen atoms in total. The summed E-state index contributed by atoms with van der Waals surface area (Å²) in [5.74, 6) is 0. The van der Waals surface area contributed by atoms with Crippen molar-refractivity contribution in [3.05, 3.63) is 229 Å². The largest absolute Gasteiger partial charge is 0.310 e. The van der Waals surface area contributed by atoms with Crippen LogP contribution >= 0.6 is 0 Å². The van der Waals surface area contributed by atoms with E-state index >= 15 is 0 Å². The molecule has 0 bridgehead atoms. The highest BCUT2D eigenvalue weighted by Crippen LogP contribution is 2.63. The molecule has 2 aliphatic rings. The summed E-state index contributed by atoms with van der Waals surface area (Å²) < 4.78 is 54.2. The van der Waals surface area contributed by atoms with Crippen molar-refractivity contribution in [2.24, 2.45) is 0 Å². The number of hydrogen-bond donors (Lipinski definition) is 0. The minimum Gasteiger partial charge on any atom is -0.310 e. The fourth-order valence-electron chi connectivity index (χ4n) is 8.65. The molecule has 0 fully saturated rings. The molecule has 0 aromatic heterocycles. The fourth-order valence-corrected chi connectivity index (χ4v) is 11.2. The van der Waals surface area contributed by atoms with Crippen LogP contribution in [0.2, 0.25) is 0 Å². The molecule has 8 aromatic rings. The molecule has 0 amide bonds. The summed E-state index contributed by atoms with van der Waals surface area (Å²) in [4.78, 5) is 5.41. The van der Waals surface area contributed by atoms with Crippen molar-refractivity contribution in [2.45, 2.75) is 25.0 Å². The van der Waals surface area contributed by atoms with Gasteiger partial charge in [0.05, 0.1) is 47.7 Å². The second-order valence-corrected chi connectivity index (χ2v) is 18.0. The van der Waals surface area contributed by atoms with Crippen LogP contribution in [0.3, 0.4) is 0 Å². The van der Waals surface area contributed by atoms with Gasteiger partial charge in [-0.1, -0.05) is 109 Å². The molecule has 276 valence electrons. The third-order valence-corrected chi connectivity index (χ3v) is 14.7. The van der Waals surface area contributed by atoms with Gasteiger partial charge < -0.3 is 9.80 Å². The molecule has 0 aliphatic carbocycles. The zero-order valence-electron chi connectivity index (χ0n) is 30.5. The van der Waals surface area contributed by atoms with Crippen LogP contribution in [0.15, 0.2) is 226 Å². The second-order valence-electron chi connectivity index (χ2n) is 14.1. The fraction of sp³-hybridized carbons (Fsp3) is 0.0204. The number of nitrogens with zero attached hydrogens (tertiary/aromatic N) is 2. The molecule has 2 heterocycles.